The summed E-state index contributed by atoms with van der Waals surface area (Å²) in [5, 5.41) is 15.7. The molecule has 1 saturated heterocycles. The fraction of sp³-hybridized carbons (Fsp3) is 0.379. The number of nitrogens with zero attached hydrogens (tertiary/aromatic N) is 3. The maximum absolute atomic E-state index is 13.8. The second-order valence-corrected chi connectivity index (χ2v) is 9.81. The molecule has 0 saturated carbocycles. The van der Waals surface area contributed by atoms with Crippen molar-refractivity contribution in [1.82, 2.24) is 15.5 Å². The summed E-state index contributed by atoms with van der Waals surface area (Å²) in [6, 6.07) is 8.70. The molecule has 2 aliphatic heterocycles. The number of ether oxygens (including phenoxy) is 1. The van der Waals surface area contributed by atoms with E-state index in [1.165, 1.54) is 49.2 Å². The number of rotatable bonds is 6. The van der Waals surface area contributed by atoms with Gasteiger partial charge in [-0.2, -0.15) is 18.4 Å². The van der Waals surface area contributed by atoms with Crippen molar-refractivity contribution in [3.63, 3.8) is 0 Å². The standard InChI is InChI=1S/C29H30F3N5O4/c1-4-41-27(39)24-17(2)37(21-7-5-6-19(15-21)29(30,31)32)28(40)36(3)25(24)22-9-8-18(16-33)14-23(22)26(38)35-20-10-12-34-13-11-20/h5-9,14-15,20,25,34H,4,10-13H2,1-3H3,(H,35,38). The van der Waals surface area contributed by atoms with Crippen LogP contribution in [-0.4, -0.2) is 55.6 Å². The van der Waals surface area contributed by atoms with Crippen LogP contribution in [0.2, 0.25) is 0 Å². The molecule has 1 unspecified atom stereocenters. The summed E-state index contributed by atoms with van der Waals surface area (Å²) in [4.78, 5) is 42.9. The highest BCUT2D eigenvalue weighted by Gasteiger charge is 2.43. The van der Waals surface area contributed by atoms with Gasteiger partial charge in [-0.05, 0) is 75.7 Å². The smallest absolute Gasteiger partial charge is 0.416 e. The first kappa shape index (κ1) is 29.6. The lowest BCUT2D eigenvalue weighted by atomic mass is 9.88. The van der Waals surface area contributed by atoms with Crippen LogP contribution in [0.1, 0.15) is 59.8 Å². The van der Waals surface area contributed by atoms with E-state index in [2.05, 4.69) is 10.6 Å². The molecule has 2 aromatic rings. The Hall–Kier alpha value is -4.37. The number of carbonyl (C=O) groups is 3. The largest absolute Gasteiger partial charge is 0.463 e. The van der Waals surface area contributed by atoms with E-state index in [9.17, 15) is 32.8 Å². The Bertz CT molecular complexity index is 1430. The molecule has 1 fully saturated rings. The molecule has 0 radical (unpaired) electrons. The summed E-state index contributed by atoms with van der Waals surface area (Å²) < 4.78 is 45.8. The van der Waals surface area contributed by atoms with Crippen molar-refractivity contribution in [1.29, 1.82) is 5.26 Å². The third-order valence-corrected chi connectivity index (χ3v) is 7.20. The number of piperidine rings is 1. The quantitative estimate of drug-likeness (QED) is 0.495. The lowest BCUT2D eigenvalue weighted by molar-refractivity contribution is -0.139. The molecule has 0 bridgehead atoms. The van der Waals surface area contributed by atoms with Crippen molar-refractivity contribution >= 4 is 23.6 Å². The third-order valence-electron chi connectivity index (χ3n) is 7.20. The third kappa shape index (κ3) is 6.05. The van der Waals surface area contributed by atoms with Gasteiger partial charge in [-0.15, -0.1) is 0 Å². The number of esters is 1. The van der Waals surface area contributed by atoms with E-state index < -0.39 is 35.7 Å². The van der Waals surface area contributed by atoms with Gasteiger partial charge in [-0.1, -0.05) is 12.1 Å². The van der Waals surface area contributed by atoms with Crippen LogP contribution in [-0.2, 0) is 15.7 Å². The second kappa shape index (κ2) is 12.0. The zero-order valence-corrected chi connectivity index (χ0v) is 22.8. The number of likely N-dealkylation sites (N-methyl/N-ethyl adjacent to an activating group) is 1. The van der Waals surface area contributed by atoms with Gasteiger partial charge in [-0.25, -0.2) is 9.59 Å². The van der Waals surface area contributed by atoms with Crippen molar-refractivity contribution in [2.45, 2.75) is 44.9 Å². The van der Waals surface area contributed by atoms with Crippen LogP contribution in [0.25, 0.3) is 0 Å². The van der Waals surface area contributed by atoms with Crippen molar-refractivity contribution in [3.05, 3.63) is 76.0 Å². The summed E-state index contributed by atoms with van der Waals surface area (Å²) in [7, 11) is 1.39. The molecule has 9 nitrogen and oxygen atoms in total. The van der Waals surface area contributed by atoms with Gasteiger partial charge in [0.2, 0.25) is 0 Å². The van der Waals surface area contributed by atoms with Crippen LogP contribution >= 0.6 is 0 Å². The molecular weight excluding hydrogens is 539 g/mol. The van der Waals surface area contributed by atoms with Gasteiger partial charge < -0.3 is 20.3 Å². The van der Waals surface area contributed by atoms with Crippen LogP contribution in [0.3, 0.4) is 0 Å². The Morgan fingerprint density at radius 1 is 1.17 bits per heavy atom. The number of benzene rings is 2. The molecule has 2 aliphatic rings. The maximum atomic E-state index is 13.8. The Morgan fingerprint density at radius 3 is 2.51 bits per heavy atom. The van der Waals surface area contributed by atoms with Gasteiger partial charge in [0.25, 0.3) is 5.91 Å². The molecule has 1 atom stereocenters. The molecule has 0 aromatic heterocycles. The summed E-state index contributed by atoms with van der Waals surface area (Å²) in [5.41, 5.74) is -0.415. The first-order chi connectivity index (χ1) is 19.5. The van der Waals surface area contributed by atoms with Gasteiger partial charge in [0.1, 0.15) is 0 Å². The highest BCUT2D eigenvalue weighted by molar-refractivity contribution is 6.04. The Kier molecular flexibility index (Phi) is 8.68. The second-order valence-electron chi connectivity index (χ2n) is 9.81. The van der Waals surface area contributed by atoms with Crippen molar-refractivity contribution in [3.8, 4) is 6.07 Å². The molecular formula is C29H30F3N5O4. The van der Waals surface area contributed by atoms with E-state index in [0.29, 0.717) is 12.8 Å². The predicted molar refractivity (Wildman–Crippen MR) is 144 cm³/mol. The number of alkyl halides is 3. The monoisotopic (exact) mass is 569 g/mol. The molecule has 0 spiro atoms. The molecule has 2 heterocycles. The molecule has 2 N–H and O–H groups in total. The van der Waals surface area contributed by atoms with E-state index in [1.54, 1.807) is 6.92 Å². The maximum Gasteiger partial charge on any atom is 0.416 e. The minimum absolute atomic E-state index is 0.0000180. The number of amides is 3. The first-order valence-corrected chi connectivity index (χ1v) is 13.2. The number of allylic oxidation sites excluding steroid dienone is 1. The SMILES string of the molecule is CCOC(=O)C1=C(C)N(c2cccc(C(F)(F)F)c2)C(=O)N(C)C1c1ccc(C#N)cc1C(=O)NC1CCNCC1. The van der Waals surface area contributed by atoms with Crippen LogP contribution in [0.5, 0.6) is 0 Å². The van der Waals surface area contributed by atoms with E-state index in [1.807, 2.05) is 6.07 Å². The molecule has 4 rings (SSSR count). The van der Waals surface area contributed by atoms with Crippen LogP contribution in [0, 0.1) is 11.3 Å². The minimum atomic E-state index is -4.65. The minimum Gasteiger partial charge on any atom is -0.463 e. The Morgan fingerprint density at radius 2 is 1.88 bits per heavy atom. The zero-order chi connectivity index (χ0) is 29.9. The number of nitriles is 1. The number of carbonyl (C=O) groups excluding carboxylic acids is 3. The van der Waals surface area contributed by atoms with E-state index in [0.717, 1.165) is 30.1 Å². The molecule has 216 valence electrons. The number of anilines is 1. The summed E-state index contributed by atoms with van der Waals surface area (Å²) in [5.74, 6) is -1.26. The molecule has 0 aliphatic carbocycles. The summed E-state index contributed by atoms with van der Waals surface area (Å²) in [6.45, 7) is 4.51. The predicted octanol–water partition coefficient (Wildman–Crippen LogP) is 4.51. The summed E-state index contributed by atoms with van der Waals surface area (Å²) in [6.07, 6.45) is -3.23. The lowest BCUT2D eigenvalue weighted by Crippen LogP contribution is -2.50. The number of nitrogens with one attached hydrogen (secondary N) is 2. The molecule has 3 amide bonds. The topological polar surface area (TPSA) is 115 Å². The van der Waals surface area contributed by atoms with Gasteiger partial charge in [-0.3, -0.25) is 9.69 Å². The highest BCUT2D eigenvalue weighted by atomic mass is 19.4. The van der Waals surface area contributed by atoms with Crippen molar-refractivity contribution in [2.75, 3.05) is 31.6 Å². The van der Waals surface area contributed by atoms with Crippen molar-refractivity contribution in [2.24, 2.45) is 0 Å². The van der Waals surface area contributed by atoms with E-state index in [4.69, 9.17) is 4.74 Å². The number of urea groups is 1. The van der Waals surface area contributed by atoms with Gasteiger partial charge in [0, 0.05) is 24.4 Å². The molecule has 12 heteroatoms. The number of hydrogen-bond donors (Lipinski definition) is 2. The van der Waals surface area contributed by atoms with Crippen molar-refractivity contribution < 1.29 is 32.3 Å². The normalized spacial score (nSPS) is 18.3. The lowest BCUT2D eigenvalue weighted by Gasteiger charge is -2.41. The summed E-state index contributed by atoms with van der Waals surface area (Å²) >= 11 is 0. The fourth-order valence-corrected chi connectivity index (χ4v) is 5.17. The van der Waals surface area contributed by atoms with Crippen LogP contribution < -0.4 is 15.5 Å². The van der Waals surface area contributed by atoms with Crippen LogP contribution in [0.4, 0.5) is 23.7 Å². The Balaban J connectivity index is 1.87. The zero-order valence-electron chi connectivity index (χ0n) is 22.8. The average molecular weight is 570 g/mol. The van der Waals surface area contributed by atoms with E-state index >= 15 is 0 Å². The molecule has 41 heavy (non-hydrogen) atoms. The highest BCUT2D eigenvalue weighted by Crippen LogP contribution is 2.41. The van der Waals surface area contributed by atoms with Crippen LogP contribution in [0.15, 0.2) is 53.7 Å². The van der Waals surface area contributed by atoms with Gasteiger partial charge in [0.05, 0.1) is 41.1 Å². The van der Waals surface area contributed by atoms with E-state index in [-0.39, 0.29) is 46.3 Å². The number of hydrogen-bond acceptors (Lipinski definition) is 6. The number of halogens is 3. The first-order valence-electron chi connectivity index (χ1n) is 13.2. The van der Waals surface area contributed by atoms with Gasteiger partial charge in [0.15, 0.2) is 0 Å². The average Bonchev–Trinajstić information content (AvgIpc) is 2.95. The molecule has 2 aromatic carbocycles. The van der Waals surface area contributed by atoms with Gasteiger partial charge >= 0.3 is 18.2 Å². The fourth-order valence-electron chi connectivity index (χ4n) is 5.17. The Labute approximate surface area is 235 Å².